The summed E-state index contributed by atoms with van der Waals surface area (Å²) in [5.74, 6) is -0.959. The van der Waals surface area contributed by atoms with Gasteiger partial charge in [-0.15, -0.1) is 0 Å². The van der Waals surface area contributed by atoms with Crippen molar-refractivity contribution in [2.24, 2.45) is 5.41 Å². The van der Waals surface area contributed by atoms with E-state index in [-0.39, 0.29) is 18.9 Å². The number of carboxylic acids is 1. The zero-order valence-electron chi connectivity index (χ0n) is 12.4. The summed E-state index contributed by atoms with van der Waals surface area (Å²) in [5, 5.41) is 12.3. The van der Waals surface area contributed by atoms with Gasteiger partial charge in [-0.3, -0.25) is 14.6 Å². The van der Waals surface area contributed by atoms with Crippen LogP contribution in [0.15, 0.2) is 18.3 Å². The predicted octanol–water partition coefficient (Wildman–Crippen LogP) is 2.08. The second-order valence-corrected chi connectivity index (χ2v) is 5.87. The molecule has 0 bridgehead atoms. The minimum Gasteiger partial charge on any atom is -0.481 e. The summed E-state index contributed by atoms with van der Waals surface area (Å²) in [6.45, 7) is 2.13. The quantitative estimate of drug-likeness (QED) is 0.870. The van der Waals surface area contributed by atoms with E-state index in [4.69, 9.17) is 0 Å². The summed E-state index contributed by atoms with van der Waals surface area (Å²) in [4.78, 5) is 27.8. The maximum atomic E-state index is 12.0. The first-order chi connectivity index (χ1) is 10.0. The smallest absolute Gasteiger partial charge is 0.311 e. The van der Waals surface area contributed by atoms with E-state index in [1.54, 1.807) is 6.20 Å². The average molecular weight is 290 g/mol. The molecule has 1 aromatic rings. The summed E-state index contributed by atoms with van der Waals surface area (Å²) in [6, 6.07) is 3.74. The van der Waals surface area contributed by atoms with E-state index < -0.39 is 11.4 Å². The monoisotopic (exact) mass is 290 g/mol. The average Bonchev–Trinajstić information content (AvgIpc) is 2.48. The molecule has 1 saturated carbocycles. The molecule has 0 atom stereocenters. The Morgan fingerprint density at radius 2 is 2.05 bits per heavy atom. The van der Waals surface area contributed by atoms with Crippen LogP contribution in [0.25, 0.3) is 0 Å². The highest BCUT2D eigenvalue weighted by Crippen LogP contribution is 2.35. The summed E-state index contributed by atoms with van der Waals surface area (Å²) in [5.41, 5.74) is 0.925. The lowest BCUT2D eigenvalue weighted by molar-refractivity contribution is -0.151. The van der Waals surface area contributed by atoms with Crippen LogP contribution in [0.4, 0.5) is 0 Å². The Morgan fingerprint density at radius 3 is 2.67 bits per heavy atom. The first kappa shape index (κ1) is 15.5. The van der Waals surface area contributed by atoms with E-state index in [0.29, 0.717) is 12.8 Å². The van der Waals surface area contributed by atoms with Crippen LogP contribution in [0, 0.1) is 12.3 Å². The van der Waals surface area contributed by atoms with E-state index in [2.05, 4.69) is 10.3 Å². The molecule has 5 heteroatoms. The van der Waals surface area contributed by atoms with Crippen molar-refractivity contribution in [3.63, 3.8) is 0 Å². The molecule has 1 aliphatic carbocycles. The molecule has 2 rings (SSSR count). The van der Waals surface area contributed by atoms with Crippen molar-refractivity contribution in [3.8, 4) is 0 Å². The molecule has 1 aromatic heterocycles. The predicted molar refractivity (Wildman–Crippen MR) is 78.8 cm³/mol. The molecule has 114 valence electrons. The fraction of sp³-hybridized carbons (Fsp3) is 0.562. The lowest BCUT2D eigenvalue weighted by Crippen LogP contribution is -2.44. The molecule has 5 nitrogen and oxygen atoms in total. The van der Waals surface area contributed by atoms with Gasteiger partial charge in [-0.2, -0.15) is 0 Å². The zero-order valence-corrected chi connectivity index (χ0v) is 12.4. The van der Waals surface area contributed by atoms with Crippen LogP contribution in [0.2, 0.25) is 0 Å². The highest BCUT2D eigenvalue weighted by molar-refractivity contribution is 5.80. The van der Waals surface area contributed by atoms with Gasteiger partial charge in [0, 0.05) is 12.7 Å². The van der Waals surface area contributed by atoms with Crippen LogP contribution >= 0.6 is 0 Å². The number of pyridine rings is 1. The molecule has 0 spiro atoms. The van der Waals surface area contributed by atoms with Crippen molar-refractivity contribution in [3.05, 3.63) is 29.6 Å². The van der Waals surface area contributed by atoms with Crippen LogP contribution < -0.4 is 5.32 Å². The highest BCUT2D eigenvalue weighted by atomic mass is 16.4. The summed E-state index contributed by atoms with van der Waals surface area (Å²) in [7, 11) is 0. The lowest BCUT2D eigenvalue weighted by atomic mass is 9.74. The van der Waals surface area contributed by atoms with Crippen molar-refractivity contribution >= 4 is 11.9 Å². The van der Waals surface area contributed by atoms with Gasteiger partial charge in [-0.05, 0) is 31.4 Å². The van der Waals surface area contributed by atoms with Gasteiger partial charge in [0.15, 0.2) is 0 Å². The molecular formula is C16H22N2O3. The molecule has 21 heavy (non-hydrogen) atoms. The van der Waals surface area contributed by atoms with E-state index in [1.807, 2.05) is 19.1 Å². The van der Waals surface area contributed by atoms with Crippen molar-refractivity contribution in [1.82, 2.24) is 10.3 Å². The Labute approximate surface area is 124 Å². The Balaban J connectivity index is 1.93. The van der Waals surface area contributed by atoms with E-state index in [1.165, 1.54) is 0 Å². The van der Waals surface area contributed by atoms with Crippen LogP contribution in [-0.2, 0) is 16.0 Å². The maximum absolute atomic E-state index is 12.0. The fourth-order valence-electron chi connectivity index (χ4n) is 2.88. The van der Waals surface area contributed by atoms with Crippen LogP contribution in [0.1, 0.15) is 43.4 Å². The van der Waals surface area contributed by atoms with E-state index in [9.17, 15) is 14.7 Å². The molecule has 0 aliphatic heterocycles. The number of amides is 1. The van der Waals surface area contributed by atoms with Gasteiger partial charge in [-0.1, -0.05) is 25.3 Å². The van der Waals surface area contributed by atoms with Crippen molar-refractivity contribution in [1.29, 1.82) is 0 Å². The van der Waals surface area contributed by atoms with Gasteiger partial charge in [0.05, 0.1) is 17.5 Å². The van der Waals surface area contributed by atoms with Gasteiger partial charge in [0.2, 0.25) is 5.91 Å². The molecule has 0 unspecified atom stereocenters. The Bertz CT molecular complexity index is 522. The van der Waals surface area contributed by atoms with Gasteiger partial charge in [-0.25, -0.2) is 0 Å². The standard InChI is InChI=1S/C16H22N2O3/c1-12-6-5-9-17-13(12)10-14(19)18-11-16(15(20)21)7-3-2-4-8-16/h5-6,9H,2-4,7-8,10-11H2,1H3,(H,18,19)(H,20,21). The number of nitrogens with zero attached hydrogens (tertiary/aromatic N) is 1. The van der Waals surface area contributed by atoms with Gasteiger partial charge >= 0.3 is 5.97 Å². The Hall–Kier alpha value is -1.91. The van der Waals surface area contributed by atoms with Crippen LogP contribution in [0.3, 0.4) is 0 Å². The molecule has 0 aromatic carbocycles. The maximum Gasteiger partial charge on any atom is 0.311 e. The third-order valence-electron chi connectivity index (χ3n) is 4.33. The number of aliphatic carboxylic acids is 1. The number of hydrogen-bond donors (Lipinski definition) is 2. The van der Waals surface area contributed by atoms with Gasteiger partial charge in [0.1, 0.15) is 0 Å². The van der Waals surface area contributed by atoms with Crippen LogP contribution in [-0.4, -0.2) is 28.5 Å². The lowest BCUT2D eigenvalue weighted by Gasteiger charge is -2.33. The number of rotatable bonds is 5. The first-order valence-electron chi connectivity index (χ1n) is 7.44. The van der Waals surface area contributed by atoms with Crippen LogP contribution in [0.5, 0.6) is 0 Å². The molecule has 0 radical (unpaired) electrons. The van der Waals surface area contributed by atoms with E-state index in [0.717, 1.165) is 30.5 Å². The minimum absolute atomic E-state index is 0.164. The summed E-state index contributed by atoms with van der Waals surface area (Å²) in [6.07, 6.45) is 6.06. The molecule has 1 fully saturated rings. The van der Waals surface area contributed by atoms with Crippen molar-refractivity contribution < 1.29 is 14.7 Å². The zero-order chi connectivity index (χ0) is 15.3. The number of hydrogen-bond acceptors (Lipinski definition) is 3. The Morgan fingerprint density at radius 1 is 1.33 bits per heavy atom. The molecular weight excluding hydrogens is 268 g/mol. The van der Waals surface area contributed by atoms with Gasteiger partial charge in [0.25, 0.3) is 0 Å². The third-order valence-corrected chi connectivity index (χ3v) is 4.33. The number of carbonyl (C=O) groups is 2. The minimum atomic E-state index is -0.795. The SMILES string of the molecule is Cc1cccnc1CC(=O)NCC1(C(=O)O)CCCCC1. The normalized spacial score (nSPS) is 17.2. The second-order valence-electron chi connectivity index (χ2n) is 5.87. The highest BCUT2D eigenvalue weighted by Gasteiger charge is 2.39. The third kappa shape index (κ3) is 3.80. The molecule has 1 amide bonds. The number of nitrogens with one attached hydrogen (secondary N) is 1. The second kappa shape index (κ2) is 6.70. The number of carboxylic acid groups (broad SMARTS) is 1. The number of carbonyl (C=O) groups excluding carboxylic acids is 1. The summed E-state index contributed by atoms with van der Waals surface area (Å²) < 4.78 is 0. The first-order valence-corrected chi connectivity index (χ1v) is 7.44. The summed E-state index contributed by atoms with van der Waals surface area (Å²) >= 11 is 0. The largest absolute Gasteiger partial charge is 0.481 e. The molecule has 0 saturated heterocycles. The number of aromatic nitrogens is 1. The molecule has 1 heterocycles. The number of aryl methyl sites for hydroxylation is 1. The van der Waals surface area contributed by atoms with E-state index >= 15 is 0 Å². The van der Waals surface area contributed by atoms with Gasteiger partial charge < -0.3 is 10.4 Å². The topological polar surface area (TPSA) is 79.3 Å². The van der Waals surface area contributed by atoms with Crippen molar-refractivity contribution in [2.75, 3.05) is 6.54 Å². The fourth-order valence-corrected chi connectivity index (χ4v) is 2.88. The molecule has 1 aliphatic rings. The molecule has 2 N–H and O–H groups in total. The Kier molecular flexibility index (Phi) is 4.94. The van der Waals surface area contributed by atoms with Crippen molar-refractivity contribution in [2.45, 2.75) is 45.4 Å².